The predicted octanol–water partition coefficient (Wildman–Crippen LogP) is 6.63. The van der Waals surface area contributed by atoms with Gasteiger partial charge in [-0.2, -0.15) is 0 Å². The van der Waals surface area contributed by atoms with Gasteiger partial charge in [-0.3, -0.25) is 9.59 Å². The number of methoxy groups -OCH3 is 2. The Morgan fingerprint density at radius 3 is 2.05 bits per heavy atom. The van der Waals surface area contributed by atoms with Gasteiger partial charge >= 0.3 is 12.2 Å². The summed E-state index contributed by atoms with van der Waals surface area (Å²) < 4.78 is 15.2. The molecule has 0 bridgehead atoms. The highest BCUT2D eigenvalue weighted by molar-refractivity contribution is 5.92. The summed E-state index contributed by atoms with van der Waals surface area (Å²) in [5.74, 6) is 1.07. The van der Waals surface area contributed by atoms with Crippen LogP contribution < -0.4 is 10.6 Å². The molecular formula is C44H52N8O7. The van der Waals surface area contributed by atoms with Crippen LogP contribution in [0.5, 0.6) is 0 Å². The lowest BCUT2D eigenvalue weighted by Crippen LogP contribution is -2.53. The van der Waals surface area contributed by atoms with Gasteiger partial charge in [0, 0.05) is 31.9 Å². The number of nitrogens with zero attached hydrogens (tertiary/aromatic N) is 4. The normalized spacial score (nSPS) is 19.6. The second-order valence-corrected chi connectivity index (χ2v) is 16.1. The third-order valence-corrected chi connectivity index (χ3v) is 12.1. The van der Waals surface area contributed by atoms with Crippen molar-refractivity contribution in [2.75, 3.05) is 40.5 Å². The van der Waals surface area contributed by atoms with Crippen molar-refractivity contribution in [2.45, 2.75) is 76.5 Å². The number of carbonyl (C=O) groups excluding carboxylic acids is 4. The quantitative estimate of drug-likeness (QED) is 0.120. The zero-order chi connectivity index (χ0) is 41.2. The molecule has 0 saturated carbocycles. The van der Waals surface area contributed by atoms with Crippen molar-refractivity contribution in [3.8, 4) is 22.4 Å². The maximum Gasteiger partial charge on any atom is 0.407 e. The van der Waals surface area contributed by atoms with Crippen molar-refractivity contribution in [3.05, 3.63) is 72.4 Å². The number of carbonyl (C=O) groups is 4. The summed E-state index contributed by atoms with van der Waals surface area (Å²) in [6.07, 6.45) is 5.21. The molecule has 15 heteroatoms. The third-order valence-electron chi connectivity index (χ3n) is 12.1. The van der Waals surface area contributed by atoms with Crippen LogP contribution in [0.2, 0.25) is 0 Å². The van der Waals surface area contributed by atoms with Crippen molar-refractivity contribution < 1.29 is 33.4 Å². The minimum atomic E-state index is -0.695. The average molecular weight is 805 g/mol. The first-order chi connectivity index (χ1) is 28.6. The monoisotopic (exact) mass is 804 g/mol. The molecule has 0 spiro atoms. The molecule has 0 aliphatic carbocycles. The number of fused-ring (bicyclic) bond motifs is 2. The van der Waals surface area contributed by atoms with E-state index in [-0.39, 0.29) is 35.7 Å². The number of aromatic nitrogens is 4. The molecule has 3 aliphatic rings. The van der Waals surface area contributed by atoms with Gasteiger partial charge in [0.1, 0.15) is 23.7 Å². The average Bonchev–Trinajstić information content (AvgIpc) is 4.10. The van der Waals surface area contributed by atoms with Gasteiger partial charge in [-0.15, -0.1) is 0 Å². The third kappa shape index (κ3) is 8.20. The fraction of sp³-hybridized carbons (Fsp3) is 0.455. The van der Waals surface area contributed by atoms with E-state index in [9.17, 15) is 19.2 Å². The minimum Gasteiger partial charge on any atom is -0.453 e. The Morgan fingerprint density at radius 1 is 0.746 bits per heavy atom. The first kappa shape index (κ1) is 39.8. The molecule has 310 valence electrons. The van der Waals surface area contributed by atoms with Crippen molar-refractivity contribution >= 4 is 45.8 Å². The molecule has 3 aromatic carbocycles. The van der Waals surface area contributed by atoms with Gasteiger partial charge in [0.15, 0.2) is 0 Å². The largest absolute Gasteiger partial charge is 0.453 e. The van der Waals surface area contributed by atoms with Gasteiger partial charge in [0.05, 0.1) is 49.2 Å². The van der Waals surface area contributed by atoms with Crippen molar-refractivity contribution in [1.82, 2.24) is 40.4 Å². The van der Waals surface area contributed by atoms with Gasteiger partial charge in [0.2, 0.25) is 11.8 Å². The van der Waals surface area contributed by atoms with Crippen molar-refractivity contribution in [3.63, 3.8) is 0 Å². The zero-order valence-corrected chi connectivity index (χ0v) is 34.0. The van der Waals surface area contributed by atoms with Crippen LogP contribution in [0.1, 0.15) is 76.1 Å². The number of amides is 4. The van der Waals surface area contributed by atoms with Crippen LogP contribution >= 0.6 is 0 Å². The standard InChI is InChI=1S/C44H52N8O7/c1-25(2)37(49-43(55)57-3)41(53)52-18-6-8-36(52)40-46-32-14-13-30(23-33(32)47-40)28-9-10-29-22-31(12-11-27(29)21-28)34-24-45-39(48-34)35-7-5-17-51(35)42(54)38(50-44(56)58-4)26-15-19-59-20-16-26/h9-14,21-26,35-38H,5-8,15-20H2,1-4H3,(H,45,48)(H,46,47)(H,49,55)(H,50,56)/t35-,36-,37-,38-/m0/s1. The Labute approximate surface area is 342 Å². The highest BCUT2D eigenvalue weighted by atomic mass is 16.5. The molecule has 3 fully saturated rings. The van der Waals surface area contributed by atoms with E-state index in [0.29, 0.717) is 39.1 Å². The second kappa shape index (κ2) is 17.1. The molecule has 2 aromatic heterocycles. The summed E-state index contributed by atoms with van der Waals surface area (Å²) in [5, 5.41) is 7.68. The predicted molar refractivity (Wildman–Crippen MR) is 221 cm³/mol. The molecule has 5 aromatic rings. The summed E-state index contributed by atoms with van der Waals surface area (Å²) in [6, 6.07) is 17.1. The number of ether oxygens (including phenoxy) is 3. The molecular weight excluding hydrogens is 753 g/mol. The van der Waals surface area contributed by atoms with Crippen LogP contribution in [-0.2, 0) is 23.8 Å². The lowest BCUT2D eigenvalue weighted by Gasteiger charge is -2.34. The van der Waals surface area contributed by atoms with Crippen LogP contribution in [0.15, 0.2) is 60.8 Å². The number of H-pyrrole nitrogens is 2. The minimum absolute atomic E-state index is 0.0300. The van der Waals surface area contributed by atoms with E-state index in [4.69, 9.17) is 24.2 Å². The summed E-state index contributed by atoms with van der Waals surface area (Å²) >= 11 is 0. The summed E-state index contributed by atoms with van der Waals surface area (Å²) in [7, 11) is 2.60. The van der Waals surface area contributed by atoms with Gasteiger partial charge in [-0.05, 0) is 96.5 Å². The maximum atomic E-state index is 14.0. The molecule has 59 heavy (non-hydrogen) atoms. The Morgan fingerprint density at radius 2 is 1.36 bits per heavy atom. The van der Waals surface area contributed by atoms with Gasteiger partial charge < -0.3 is 44.6 Å². The van der Waals surface area contributed by atoms with E-state index < -0.39 is 24.3 Å². The number of nitrogens with one attached hydrogen (secondary N) is 4. The van der Waals surface area contributed by atoms with Crippen LogP contribution in [0.25, 0.3) is 44.2 Å². The molecule has 3 saturated heterocycles. The lowest BCUT2D eigenvalue weighted by atomic mass is 9.90. The Bertz CT molecular complexity index is 2350. The number of imidazole rings is 2. The fourth-order valence-electron chi connectivity index (χ4n) is 8.91. The smallest absolute Gasteiger partial charge is 0.407 e. The Kier molecular flexibility index (Phi) is 11.5. The van der Waals surface area contributed by atoms with E-state index in [1.807, 2.05) is 35.9 Å². The van der Waals surface area contributed by atoms with Crippen molar-refractivity contribution in [2.24, 2.45) is 11.8 Å². The highest BCUT2D eigenvalue weighted by Crippen LogP contribution is 2.36. The summed E-state index contributed by atoms with van der Waals surface area (Å²) in [4.78, 5) is 72.3. The maximum absolute atomic E-state index is 14.0. The number of alkyl carbamates (subject to hydrolysis) is 2. The van der Waals surface area contributed by atoms with Crippen LogP contribution in [0.3, 0.4) is 0 Å². The molecule has 0 radical (unpaired) electrons. The van der Waals surface area contributed by atoms with Gasteiger partial charge in [-0.25, -0.2) is 19.6 Å². The first-order valence-corrected chi connectivity index (χ1v) is 20.6. The molecule has 0 unspecified atom stereocenters. The second-order valence-electron chi connectivity index (χ2n) is 16.1. The summed E-state index contributed by atoms with van der Waals surface area (Å²) in [6.45, 7) is 6.11. The molecule has 4 N–H and O–H groups in total. The summed E-state index contributed by atoms with van der Waals surface area (Å²) in [5.41, 5.74) is 5.65. The highest BCUT2D eigenvalue weighted by Gasteiger charge is 2.41. The Hall–Kier alpha value is -5.96. The number of rotatable bonds is 10. The van der Waals surface area contributed by atoms with E-state index in [1.54, 1.807) is 0 Å². The molecule has 4 atom stereocenters. The van der Waals surface area contributed by atoms with Gasteiger partial charge in [0.25, 0.3) is 0 Å². The van der Waals surface area contributed by atoms with Gasteiger partial charge in [-0.1, -0.05) is 44.2 Å². The zero-order valence-electron chi connectivity index (χ0n) is 34.0. The number of likely N-dealkylation sites (tertiary alicyclic amines) is 2. The van der Waals surface area contributed by atoms with E-state index in [2.05, 4.69) is 69.1 Å². The number of hydrogen-bond acceptors (Lipinski definition) is 9. The van der Waals surface area contributed by atoms with E-state index >= 15 is 0 Å². The molecule has 4 amide bonds. The first-order valence-electron chi connectivity index (χ1n) is 20.6. The number of hydrogen-bond donors (Lipinski definition) is 4. The molecule has 5 heterocycles. The molecule has 3 aliphatic heterocycles. The van der Waals surface area contributed by atoms with E-state index in [0.717, 1.165) is 81.5 Å². The van der Waals surface area contributed by atoms with Crippen LogP contribution in [0, 0.1) is 11.8 Å². The molecule has 15 nitrogen and oxygen atoms in total. The van der Waals surface area contributed by atoms with E-state index in [1.165, 1.54) is 14.2 Å². The lowest BCUT2D eigenvalue weighted by molar-refractivity contribution is -0.137. The van der Waals surface area contributed by atoms with Crippen LogP contribution in [-0.4, -0.2) is 106 Å². The number of aromatic amines is 2. The van der Waals surface area contributed by atoms with Crippen molar-refractivity contribution in [1.29, 1.82) is 0 Å². The fourth-order valence-corrected chi connectivity index (χ4v) is 8.91. The molecule has 8 rings (SSSR count). The SMILES string of the molecule is COC(=O)N[C@H](C(=O)N1CCC[C@H]1c1nc2ccc(-c3ccc4cc(-c5cnc([C@@H]6CCCN6C(=O)[C@@H](NC(=O)OC)C6CCOCC6)[nH]5)ccc4c3)cc2[nH]1)C(C)C. The number of benzene rings is 3. The Balaban J connectivity index is 0.977. The van der Waals surface area contributed by atoms with Crippen LogP contribution in [0.4, 0.5) is 9.59 Å². The topological polar surface area (TPSA) is 184 Å².